The van der Waals surface area contributed by atoms with E-state index in [1.165, 1.54) is 6.08 Å². The SMILES string of the molecule is CC(C)(C)NC1=CC(=O)OC1. The van der Waals surface area contributed by atoms with Crippen molar-refractivity contribution in [2.45, 2.75) is 26.3 Å². The summed E-state index contributed by atoms with van der Waals surface area (Å²) in [6.45, 7) is 6.50. The lowest BCUT2D eigenvalue weighted by Crippen LogP contribution is -2.35. The predicted molar refractivity (Wildman–Crippen MR) is 41.9 cm³/mol. The molecular weight excluding hydrogens is 142 g/mol. The number of cyclic esters (lactones) is 1. The zero-order valence-corrected chi connectivity index (χ0v) is 7.10. The van der Waals surface area contributed by atoms with Crippen LogP contribution in [0.25, 0.3) is 0 Å². The Morgan fingerprint density at radius 3 is 2.55 bits per heavy atom. The second-order valence-corrected chi connectivity index (χ2v) is 3.65. The molecule has 1 aliphatic rings. The van der Waals surface area contributed by atoms with E-state index in [-0.39, 0.29) is 11.5 Å². The summed E-state index contributed by atoms with van der Waals surface area (Å²) < 4.78 is 4.72. The number of nitrogens with one attached hydrogen (secondary N) is 1. The lowest BCUT2D eigenvalue weighted by molar-refractivity contribution is -0.135. The molecule has 0 aliphatic carbocycles. The van der Waals surface area contributed by atoms with Gasteiger partial charge in [0.15, 0.2) is 0 Å². The minimum atomic E-state index is -0.253. The van der Waals surface area contributed by atoms with E-state index in [0.717, 1.165) is 5.70 Å². The molecule has 3 nitrogen and oxygen atoms in total. The van der Waals surface area contributed by atoms with Gasteiger partial charge in [0.05, 0.1) is 5.70 Å². The number of carbonyl (C=O) groups is 1. The highest BCUT2D eigenvalue weighted by molar-refractivity contribution is 5.85. The van der Waals surface area contributed by atoms with Gasteiger partial charge in [-0.15, -0.1) is 0 Å². The molecule has 0 aromatic rings. The van der Waals surface area contributed by atoms with Gasteiger partial charge in [-0.1, -0.05) is 0 Å². The molecule has 0 unspecified atom stereocenters. The monoisotopic (exact) mass is 155 g/mol. The van der Waals surface area contributed by atoms with Gasteiger partial charge in [-0.3, -0.25) is 0 Å². The third-order valence-electron chi connectivity index (χ3n) is 1.20. The number of esters is 1. The molecule has 0 atom stereocenters. The maximum Gasteiger partial charge on any atom is 0.333 e. The average Bonchev–Trinajstić information content (AvgIpc) is 2.10. The Balaban J connectivity index is 2.51. The first kappa shape index (κ1) is 8.11. The first-order chi connectivity index (χ1) is 4.97. The summed E-state index contributed by atoms with van der Waals surface area (Å²) in [5, 5.41) is 3.16. The van der Waals surface area contributed by atoms with Crippen LogP contribution in [0, 0.1) is 0 Å². The Hall–Kier alpha value is -0.990. The Morgan fingerprint density at radius 1 is 1.55 bits per heavy atom. The highest BCUT2D eigenvalue weighted by Crippen LogP contribution is 2.08. The molecule has 0 amide bonds. The molecule has 0 aromatic heterocycles. The van der Waals surface area contributed by atoms with E-state index >= 15 is 0 Å². The van der Waals surface area contributed by atoms with Crippen molar-refractivity contribution < 1.29 is 9.53 Å². The van der Waals surface area contributed by atoms with Crippen molar-refractivity contribution in [3.8, 4) is 0 Å². The maximum absolute atomic E-state index is 10.6. The van der Waals surface area contributed by atoms with Gasteiger partial charge in [-0.25, -0.2) is 4.79 Å². The van der Waals surface area contributed by atoms with Crippen LogP contribution in [0.4, 0.5) is 0 Å². The van der Waals surface area contributed by atoms with E-state index in [9.17, 15) is 4.79 Å². The summed E-state index contributed by atoms with van der Waals surface area (Å²) in [6.07, 6.45) is 1.49. The average molecular weight is 155 g/mol. The molecule has 3 heteroatoms. The van der Waals surface area contributed by atoms with Crippen LogP contribution in [0.2, 0.25) is 0 Å². The number of carbonyl (C=O) groups excluding carboxylic acids is 1. The van der Waals surface area contributed by atoms with Gasteiger partial charge in [0.1, 0.15) is 6.61 Å². The van der Waals surface area contributed by atoms with Gasteiger partial charge in [0, 0.05) is 11.6 Å². The number of hydrogen-bond acceptors (Lipinski definition) is 3. The van der Waals surface area contributed by atoms with Gasteiger partial charge in [-0.05, 0) is 20.8 Å². The maximum atomic E-state index is 10.6. The van der Waals surface area contributed by atoms with Crippen molar-refractivity contribution in [2.75, 3.05) is 6.61 Å². The van der Waals surface area contributed by atoms with Gasteiger partial charge >= 0.3 is 5.97 Å². The first-order valence-corrected chi connectivity index (χ1v) is 3.63. The minimum absolute atomic E-state index is 0.000185. The fraction of sp³-hybridized carbons (Fsp3) is 0.625. The molecule has 0 saturated carbocycles. The molecule has 0 saturated heterocycles. The molecule has 62 valence electrons. The molecule has 0 aromatic carbocycles. The van der Waals surface area contributed by atoms with Crippen LogP contribution in [0.5, 0.6) is 0 Å². The Bertz CT molecular complexity index is 201. The Morgan fingerprint density at radius 2 is 2.18 bits per heavy atom. The fourth-order valence-electron chi connectivity index (χ4n) is 0.928. The normalized spacial score (nSPS) is 17.7. The lowest BCUT2D eigenvalue weighted by atomic mass is 10.1. The zero-order valence-electron chi connectivity index (χ0n) is 7.10. The molecule has 0 fully saturated rings. The molecule has 1 N–H and O–H groups in total. The van der Waals surface area contributed by atoms with Crippen LogP contribution in [-0.2, 0) is 9.53 Å². The van der Waals surface area contributed by atoms with E-state index in [0.29, 0.717) is 6.61 Å². The van der Waals surface area contributed by atoms with Crippen molar-refractivity contribution >= 4 is 5.97 Å². The number of rotatable bonds is 1. The van der Waals surface area contributed by atoms with Crippen LogP contribution >= 0.6 is 0 Å². The number of hydrogen-bond donors (Lipinski definition) is 1. The minimum Gasteiger partial charge on any atom is -0.456 e. The lowest BCUT2D eigenvalue weighted by Gasteiger charge is -2.21. The Labute approximate surface area is 66.4 Å². The molecule has 1 rings (SSSR count). The quantitative estimate of drug-likeness (QED) is 0.569. The van der Waals surface area contributed by atoms with Gasteiger partial charge in [0.25, 0.3) is 0 Å². The topological polar surface area (TPSA) is 38.3 Å². The fourth-order valence-corrected chi connectivity index (χ4v) is 0.928. The van der Waals surface area contributed by atoms with Crippen molar-refractivity contribution in [3.63, 3.8) is 0 Å². The summed E-state index contributed by atoms with van der Waals surface area (Å²) in [7, 11) is 0. The second kappa shape index (κ2) is 2.57. The van der Waals surface area contributed by atoms with Crippen molar-refractivity contribution in [3.05, 3.63) is 11.8 Å². The smallest absolute Gasteiger partial charge is 0.333 e. The van der Waals surface area contributed by atoms with Crippen LogP contribution < -0.4 is 5.32 Å². The summed E-state index contributed by atoms with van der Waals surface area (Å²) in [5.41, 5.74) is 0.863. The Kier molecular flexibility index (Phi) is 1.89. The molecule has 11 heavy (non-hydrogen) atoms. The molecule has 1 heterocycles. The van der Waals surface area contributed by atoms with Gasteiger partial charge in [0.2, 0.25) is 0 Å². The third-order valence-corrected chi connectivity index (χ3v) is 1.20. The van der Waals surface area contributed by atoms with Crippen molar-refractivity contribution in [2.24, 2.45) is 0 Å². The molecule has 0 spiro atoms. The highest BCUT2D eigenvalue weighted by atomic mass is 16.5. The van der Waals surface area contributed by atoms with Gasteiger partial charge in [-0.2, -0.15) is 0 Å². The van der Waals surface area contributed by atoms with Crippen LogP contribution in [0.15, 0.2) is 11.8 Å². The summed E-state index contributed by atoms with van der Waals surface area (Å²) in [4.78, 5) is 10.6. The largest absolute Gasteiger partial charge is 0.456 e. The molecular formula is C8H13NO2. The second-order valence-electron chi connectivity index (χ2n) is 3.65. The van der Waals surface area contributed by atoms with E-state index < -0.39 is 0 Å². The van der Waals surface area contributed by atoms with Crippen LogP contribution in [0.1, 0.15) is 20.8 Å². The van der Waals surface area contributed by atoms with Crippen molar-refractivity contribution in [1.82, 2.24) is 5.32 Å². The molecule has 0 bridgehead atoms. The highest BCUT2D eigenvalue weighted by Gasteiger charge is 2.17. The van der Waals surface area contributed by atoms with E-state index in [4.69, 9.17) is 4.74 Å². The summed E-state index contributed by atoms with van der Waals surface area (Å²) in [5.74, 6) is -0.253. The standard InChI is InChI=1S/C8H13NO2/c1-8(2,3)9-6-4-7(10)11-5-6/h4,9H,5H2,1-3H3. The zero-order chi connectivity index (χ0) is 8.48. The van der Waals surface area contributed by atoms with Crippen LogP contribution in [0.3, 0.4) is 0 Å². The van der Waals surface area contributed by atoms with E-state index in [2.05, 4.69) is 5.32 Å². The van der Waals surface area contributed by atoms with Crippen molar-refractivity contribution in [1.29, 1.82) is 0 Å². The van der Waals surface area contributed by atoms with Gasteiger partial charge < -0.3 is 10.1 Å². The summed E-state index contributed by atoms with van der Waals surface area (Å²) in [6, 6.07) is 0. The number of ether oxygens (including phenoxy) is 1. The third kappa shape index (κ3) is 2.62. The van der Waals surface area contributed by atoms with E-state index in [1.54, 1.807) is 0 Å². The summed E-state index contributed by atoms with van der Waals surface area (Å²) >= 11 is 0. The molecule has 1 aliphatic heterocycles. The van der Waals surface area contributed by atoms with Crippen LogP contribution in [-0.4, -0.2) is 18.1 Å². The predicted octanol–water partition coefficient (Wildman–Crippen LogP) is 0.815. The first-order valence-electron chi connectivity index (χ1n) is 3.63. The van der Waals surface area contributed by atoms with E-state index in [1.807, 2.05) is 20.8 Å². The molecule has 0 radical (unpaired) electrons.